The van der Waals surface area contributed by atoms with Gasteiger partial charge in [-0.15, -0.1) is 5.10 Å². The normalized spacial score (nSPS) is 12.3. The van der Waals surface area contributed by atoms with Crippen molar-refractivity contribution in [1.29, 1.82) is 0 Å². The summed E-state index contributed by atoms with van der Waals surface area (Å²) in [6, 6.07) is 3.91. The van der Waals surface area contributed by atoms with Crippen LogP contribution in [0.3, 0.4) is 0 Å². The van der Waals surface area contributed by atoms with Crippen LogP contribution in [0.1, 0.15) is 44.7 Å². The third-order valence-corrected chi connectivity index (χ3v) is 3.31. The van der Waals surface area contributed by atoms with Crippen LogP contribution in [0.5, 0.6) is 0 Å². The molecule has 0 aliphatic heterocycles. The lowest BCUT2D eigenvalue weighted by molar-refractivity contribution is -0.122. The molecular formula is C15H22N6O. The van der Waals surface area contributed by atoms with Crippen LogP contribution < -0.4 is 5.32 Å². The fraction of sp³-hybridized carbons (Fsp3) is 0.533. The lowest BCUT2D eigenvalue weighted by Gasteiger charge is -2.20. The number of pyridine rings is 1. The third kappa shape index (κ3) is 5.23. The van der Waals surface area contributed by atoms with Crippen LogP contribution in [0, 0.1) is 5.92 Å². The molecule has 7 heteroatoms. The van der Waals surface area contributed by atoms with Crippen LogP contribution in [0.25, 0.3) is 0 Å². The molecule has 7 nitrogen and oxygen atoms in total. The van der Waals surface area contributed by atoms with Gasteiger partial charge in [0.05, 0.1) is 6.04 Å². The quantitative estimate of drug-likeness (QED) is 0.803. The van der Waals surface area contributed by atoms with Crippen LogP contribution in [0.15, 0.2) is 30.9 Å². The smallest absolute Gasteiger partial charge is 0.220 e. The summed E-state index contributed by atoms with van der Waals surface area (Å²) >= 11 is 0. The molecule has 0 saturated heterocycles. The lowest BCUT2D eigenvalue weighted by atomic mass is 9.98. The van der Waals surface area contributed by atoms with Gasteiger partial charge in [-0.05, 0) is 40.8 Å². The highest BCUT2D eigenvalue weighted by molar-refractivity contribution is 5.76. The van der Waals surface area contributed by atoms with E-state index in [-0.39, 0.29) is 11.9 Å². The van der Waals surface area contributed by atoms with Crippen LogP contribution >= 0.6 is 0 Å². The van der Waals surface area contributed by atoms with Gasteiger partial charge in [0.25, 0.3) is 0 Å². The summed E-state index contributed by atoms with van der Waals surface area (Å²) in [5, 5.41) is 14.0. The van der Waals surface area contributed by atoms with Crippen molar-refractivity contribution < 1.29 is 4.79 Å². The van der Waals surface area contributed by atoms with Gasteiger partial charge in [-0.1, -0.05) is 19.9 Å². The molecule has 0 aromatic carbocycles. The van der Waals surface area contributed by atoms with Gasteiger partial charge in [0, 0.05) is 25.4 Å². The molecule has 2 rings (SSSR count). The van der Waals surface area contributed by atoms with Gasteiger partial charge in [0.2, 0.25) is 5.91 Å². The average Bonchev–Trinajstić information content (AvgIpc) is 3.00. The molecule has 0 bridgehead atoms. The Morgan fingerprint density at radius 2 is 2.27 bits per heavy atom. The number of rotatable bonds is 8. The molecule has 118 valence electrons. The Bertz CT molecular complexity index is 555. The summed E-state index contributed by atoms with van der Waals surface area (Å²) in [5.41, 5.74) is 1.05. The monoisotopic (exact) mass is 302 g/mol. The maximum Gasteiger partial charge on any atom is 0.220 e. The maximum absolute atomic E-state index is 12.1. The van der Waals surface area contributed by atoms with E-state index in [9.17, 15) is 4.79 Å². The second kappa shape index (κ2) is 8.21. The Morgan fingerprint density at radius 1 is 1.41 bits per heavy atom. The average molecular weight is 302 g/mol. The molecule has 0 fully saturated rings. The first-order valence-electron chi connectivity index (χ1n) is 7.55. The van der Waals surface area contributed by atoms with Crippen LogP contribution in [0.4, 0.5) is 0 Å². The molecule has 0 aliphatic carbocycles. The number of hydrogen-bond acceptors (Lipinski definition) is 5. The Kier molecular flexibility index (Phi) is 6.00. The van der Waals surface area contributed by atoms with Crippen molar-refractivity contribution in [3.8, 4) is 0 Å². The molecule has 0 spiro atoms. The number of aryl methyl sites for hydroxylation is 1. The standard InChI is InChI=1S/C15H22N6O/c1-12(2)9-14(13-5-3-7-16-10-13)18-15(22)6-4-8-21-11-17-19-20-21/h3,5,7,10-12,14H,4,6,8-9H2,1-2H3,(H,18,22). The molecule has 1 atom stereocenters. The molecule has 0 saturated carbocycles. The highest BCUT2D eigenvalue weighted by atomic mass is 16.1. The zero-order valence-corrected chi connectivity index (χ0v) is 13.0. The first-order valence-corrected chi connectivity index (χ1v) is 7.55. The van der Waals surface area contributed by atoms with Gasteiger partial charge in [0.1, 0.15) is 6.33 Å². The number of carbonyl (C=O) groups is 1. The summed E-state index contributed by atoms with van der Waals surface area (Å²) < 4.78 is 1.62. The molecule has 0 aliphatic rings. The fourth-order valence-corrected chi connectivity index (χ4v) is 2.28. The van der Waals surface area contributed by atoms with Gasteiger partial charge in [-0.25, -0.2) is 4.68 Å². The molecule has 22 heavy (non-hydrogen) atoms. The van der Waals surface area contributed by atoms with E-state index in [1.165, 1.54) is 0 Å². The minimum absolute atomic E-state index is 0.00855. The Labute approximate surface area is 130 Å². The van der Waals surface area contributed by atoms with Crippen LogP contribution in [-0.4, -0.2) is 31.1 Å². The van der Waals surface area contributed by atoms with Crippen molar-refractivity contribution in [2.75, 3.05) is 0 Å². The second-order valence-electron chi connectivity index (χ2n) is 5.71. The highest BCUT2D eigenvalue weighted by Crippen LogP contribution is 2.20. The Morgan fingerprint density at radius 3 is 2.91 bits per heavy atom. The van der Waals surface area contributed by atoms with E-state index in [4.69, 9.17) is 0 Å². The maximum atomic E-state index is 12.1. The number of aromatic nitrogens is 5. The minimum Gasteiger partial charge on any atom is -0.349 e. The topological polar surface area (TPSA) is 85.6 Å². The van der Waals surface area contributed by atoms with Gasteiger partial charge < -0.3 is 5.32 Å². The molecule has 2 aromatic heterocycles. The molecular weight excluding hydrogens is 280 g/mol. The Hall–Kier alpha value is -2.31. The van der Waals surface area contributed by atoms with Gasteiger partial charge in [-0.2, -0.15) is 0 Å². The summed E-state index contributed by atoms with van der Waals surface area (Å²) in [6.07, 6.45) is 7.16. The number of nitrogens with zero attached hydrogens (tertiary/aromatic N) is 5. The number of amides is 1. The van der Waals surface area contributed by atoms with E-state index >= 15 is 0 Å². The van der Waals surface area contributed by atoms with Crippen molar-refractivity contribution in [3.63, 3.8) is 0 Å². The van der Waals surface area contributed by atoms with E-state index in [0.717, 1.165) is 12.0 Å². The van der Waals surface area contributed by atoms with Crippen molar-refractivity contribution >= 4 is 5.91 Å². The van der Waals surface area contributed by atoms with Crippen molar-refractivity contribution in [1.82, 2.24) is 30.5 Å². The van der Waals surface area contributed by atoms with E-state index in [0.29, 0.717) is 25.3 Å². The van der Waals surface area contributed by atoms with E-state index in [1.54, 1.807) is 17.2 Å². The van der Waals surface area contributed by atoms with Crippen molar-refractivity contribution in [2.45, 2.75) is 45.7 Å². The highest BCUT2D eigenvalue weighted by Gasteiger charge is 2.16. The largest absolute Gasteiger partial charge is 0.349 e. The number of carbonyl (C=O) groups excluding carboxylic acids is 1. The number of hydrogen-bond donors (Lipinski definition) is 1. The number of tetrazole rings is 1. The Balaban J connectivity index is 1.85. The fourth-order valence-electron chi connectivity index (χ4n) is 2.28. The predicted octanol–water partition coefficient (Wildman–Crippen LogP) is 1.75. The zero-order valence-electron chi connectivity index (χ0n) is 13.0. The van der Waals surface area contributed by atoms with E-state index in [2.05, 4.69) is 39.7 Å². The van der Waals surface area contributed by atoms with Crippen molar-refractivity contribution in [2.24, 2.45) is 5.92 Å². The first-order chi connectivity index (χ1) is 10.6. The van der Waals surface area contributed by atoms with Gasteiger partial charge in [0.15, 0.2) is 0 Å². The van der Waals surface area contributed by atoms with E-state index in [1.807, 2.05) is 18.3 Å². The van der Waals surface area contributed by atoms with Gasteiger partial charge in [-0.3, -0.25) is 9.78 Å². The summed E-state index contributed by atoms with van der Waals surface area (Å²) in [5.74, 6) is 0.536. The lowest BCUT2D eigenvalue weighted by Crippen LogP contribution is -2.29. The predicted molar refractivity (Wildman–Crippen MR) is 81.6 cm³/mol. The molecule has 1 unspecified atom stereocenters. The molecule has 2 aromatic rings. The van der Waals surface area contributed by atoms with Crippen LogP contribution in [0.2, 0.25) is 0 Å². The summed E-state index contributed by atoms with van der Waals surface area (Å²) in [6.45, 7) is 4.93. The molecule has 2 heterocycles. The SMILES string of the molecule is CC(C)CC(NC(=O)CCCn1cnnn1)c1cccnc1. The molecule has 1 N–H and O–H groups in total. The molecule has 1 amide bonds. The van der Waals surface area contributed by atoms with E-state index < -0.39 is 0 Å². The zero-order chi connectivity index (χ0) is 15.8. The third-order valence-electron chi connectivity index (χ3n) is 3.31. The first kappa shape index (κ1) is 16.1. The summed E-state index contributed by atoms with van der Waals surface area (Å²) in [4.78, 5) is 16.3. The number of nitrogens with one attached hydrogen (secondary N) is 1. The second-order valence-corrected chi connectivity index (χ2v) is 5.71. The van der Waals surface area contributed by atoms with Gasteiger partial charge >= 0.3 is 0 Å². The van der Waals surface area contributed by atoms with Crippen molar-refractivity contribution in [3.05, 3.63) is 36.4 Å². The van der Waals surface area contributed by atoms with Crippen LogP contribution in [-0.2, 0) is 11.3 Å². The summed E-state index contributed by atoms with van der Waals surface area (Å²) in [7, 11) is 0. The molecule has 0 radical (unpaired) electrons. The minimum atomic E-state index is 0.00855.